The van der Waals surface area contributed by atoms with Gasteiger partial charge in [-0.3, -0.25) is 10.7 Å². The van der Waals surface area contributed by atoms with E-state index >= 15 is 0 Å². The molecule has 1 heterocycles. The summed E-state index contributed by atoms with van der Waals surface area (Å²) >= 11 is 12.4. The number of nitriles is 1. The lowest BCUT2D eigenvalue weighted by Crippen LogP contribution is -2.05. The van der Waals surface area contributed by atoms with Gasteiger partial charge in [-0.2, -0.15) is 10.2 Å². The molecule has 0 saturated carbocycles. The van der Waals surface area contributed by atoms with E-state index in [0.717, 1.165) is 5.56 Å². The summed E-state index contributed by atoms with van der Waals surface area (Å²) in [6.07, 6.45) is 0.373. The Morgan fingerprint density at radius 3 is 1.91 bits per heavy atom. The van der Waals surface area contributed by atoms with Crippen LogP contribution in [0.3, 0.4) is 0 Å². The first-order chi connectivity index (χ1) is 12.6. The van der Waals surface area contributed by atoms with Gasteiger partial charge >= 0.3 is 0 Å². The van der Waals surface area contributed by atoms with E-state index in [0.29, 0.717) is 33.4 Å². The smallest absolute Gasteiger partial charge is 0.229 e. The first-order valence-corrected chi connectivity index (χ1v) is 8.33. The van der Waals surface area contributed by atoms with Gasteiger partial charge in [0, 0.05) is 28.2 Å². The van der Waals surface area contributed by atoms with Crippen molar-refractivity contribution in [2.75, 3.05) is 10.8 Å². The van der Waals surface area contributed by atoms with Crippen LogP contribution in [0, 0.1) is 11.3 Å². The molecule has 0 aliphatic rings. The Hall–Kier alpha value is -2.09. The minimum Gasteiger partial charge on any atom is -0.412 e. The van der Waals surface area contributed by atoms with Crippen LogP contribution in [0.4, 0.5) is 17.5 Å². The predicted octanol–water partition coefficient (Wildman–Crippen LogP) is 1.82. The predicted molar refractivity (Wildman–Crippen MR) is 140 cm³/mol. The van der Waals surface area contributed by atoms with Crippen LogP contribution in [-0.4, -0.2) is 42.6 Å². The first-order valence-electron chi connectivity index (χ1n) is 7.57. The fourth-order valence-corrected chi connectivity index (χ4v) is 2.87. The summed E-state index contributed by atoms with van der Waals surface area (Å²) in [6.45, 7) is 0. The van der Waals surface area contributed by atoms with Crippen molar-refractivity contribution in [1.82, 2.24) is 9.97 Å². The number of halogens is 4. The van der Waals surface area contributed by atoms with Crippen LogP contribution >= 0.6 is 57.2 Å². The van der Waals surface area contributed by atoms with Crippen LogP contribution in [0.5, 0.6) is 0 Å². The first kappa shape index (κ1) is 41.2. The van der Waals surface area contributed by atoms with E-state index in [2.05, 4.69) is 21.4 Å². The van der Waals surface area contributed by atoms with E-state index in [1.54, 1.807) is 48.5 Å². The second-order valence-electron chi connectivity index (χ2n) is 5.37. The Bertz CT molecular complexity index is 977. The molecule has 1 aromatic heterocycles. The van der Waals surface area contributed by atoms with Gasteiger partial charge in [-0.15, -0.1) is 34.0 Å². The molecule has 33 heavy (non-hydrogen) atoms. The molecule has 0 aliphatic carbocycles. The molecule has 2 aromatic carbocycles. The summed E-state index contributed by atoms with van der Waals surface area (Å²) in [5, 5.41) is 22.2. The zero-order chi connectivity index (χ0) is 18.5. The van der Waals surface area contributed by atoms with E-state index in [9.17, 15) is 5.21 Å². The SMILES string of the molecule is Br.Br.N#Cc1ccc(Nc2nc(Cc3c(Cl)cccc3Cl)cc(NO)n2)cc1.O.O.O.O.O. The third kappa shape index (κ3) is 11.1. The zero-order valence-electron chi connectivity index (χ0n) is 16.7. The summed E-state index contributed by atoms with van der Waals surface area (Å²) in [6, 6.07) is 15.8. The molecule has 186 valence electrons. The summed E-state index contributed by atoms with van der Waals surface area (Å²) in [5.74, 6) is 0.515. The Kier molecular flexibility index (Phi) is 24.2. The molecule has 0 aliphatic heterocycles. The van der Waals surface area contributed by atoms with Crippen molar-refractivity contribution in [2.24, 2.45) is 0 Å². The summed E-state index contributed by atoms with van der Waals surface area (Å²) < 4.78 is 0. The lowest BCUT2D eigenvalue weighted by atomic mass is 10.1. The maximum Gasteiger partial charge on any atom is 0.229 e. The topological polar surface area (TPSA) is 251 Å². The Labute approximate surface area is 220 Å². The fourth-order valence-electron chi connectivity index (χ4n) is 2.34. The minimum absolute atomic E-state index is 0. The van der Waals surface area contributed by atoms with Crippen LogP contribution in [0.15, 0.2) is 48.5 Å². The number of hydrogen-bond donors (Lipinski definition) is 3. The number of rotatable bonds is 5. The molecule has 11 nitrogen and oxygen atoms in total. The van der Waals surface area contributed by atoms with Crippen molar-refractivity contribution in [1.29, 1.82) is 5.26 Å². The largest absolute Gasteiger partial charge is 0.412 e. The molecule has 0 radical (unpaired) electrons. The molecule has 0 fully saturated rings. The maximum absolute atomic E-state index is 9.24. The Morgan fingerprint density at radius 1 is 0.879 bits per heavy atom. The maximum atomic E-state index is 9.24. The van der Waals surface area contributed by atoms with Gasteiger partial charge in [-0.25, -0.2) is 4.98 Å². The van der Waals surface area contributed by atoms with Gasteiger partial charge < -0.3 is 32.7 Å². The number of nitrogens with zero attached hydrogens (tertiary/aromatic N) is 3. The average molecular weight is 638 g/mol. The quantitative estimate of drug-likeness (QED) is 0.351. The molecule has 0 saturated heterocycles. The van der Waals surface area contributed by atoms with Gasteiger partial charge in [0.15, 0.2) is 5.82 Å². The highest BCUT2D eigenvalue weighted by molar-refractivity contribution is 8.93. The number of aromatic nitrogens is 2. The van der Waals surface area contributed by atoms with E-state index < -0.39 is 0 Å². The summed E-state index contributed by atoms with van der Waals surface area (Å²) in [7, 11) is 0. The van der Waals surface area contributed by atoms with Gasteiger partial charge in [0.05, 0.1) is 17.3 Å². The molecule has 0 bridgehead atoms. The molecule has 0 amide bonds. The van der Waals surface area contributed by atoms with E-state index in [1.807, 2.05) is 5.48 Å². The minimum atomic E-state index is 0. The normalized spacial score (nSPS) is 8.06. The van der Waals surface area contributed by atoms with Gasteiger partial charge in [0.25, 0.3) is 0 Å². The van der Waals surface area contributed by atoms with Gasteiger partial charge in [-0.1, -0.05) is 29.3 Å². The molecule has 13 N–H and O–H groups in total. The highest BCUT2D eigenvalue weighted by atomic mass is 79.9. The van der Waals surface area contributed by atoms with Gasteiger partial charge in [0.1, 0.15) is 0 Å². The standard InChI is InChI=1S/C18H13Cl2N5O.2BrH.5H2O/c19-15-2-1-3-16(20)14(15)8-13-9-17(25-26)24-18(23-13)22-12-6-4-11(10-21)5-7-12;;;;;;;/h1-7,9,26H,8H2,(H2,22,23,24,25);2*1H;5*1H2. The van der Waals surface area contributed by atoms with E-state index in [-0.39, 0.29) is 73.1 Å². The van der Waals surface area contributed by atoms with Crippen LogP contribution < -0.4 is 10.8 Å². The molecule has 0 spiro atoms. The molecular weight excluding hydrogens is 613 g/mol. The second-order valence-corrected chi connectivity index (χ2v) is 6.19. The van der Waals surface area contributed by atoms with Crippen LogP contribution in [0.2, 0.25) is 10.0 Å². The molecule has 15 heteroatoms. The van der Waals surface area contributed by atoms with Crippen molar-refractivity contribution in [3.63, 3.8) is 0 Å². The molecule has 3 rings (SSSR count). The van der Waals surface area contributed by atoms with Crippen LogP contribution in [0.25, 0.3) is 0 Å². The molecule has 0 unspecified atom stereocenters. The number of hydrogen-bond acceptors (Lipinski definition) is 6. The molecule has 3 aromatic rings. The van der Waals surface area contributed by atoms with E-state index in [4.69, 9.17) is 28.5 Å². The molecular formula is C18H25Br2Cl2N5O6. The van der Waals surface area contributed by atoms with Crippen molar-refractivity contribution in [3.8, 4) is 6.07 Å². The highest BCUT2D eigenvalue weighted by Crippen LogP contribution is 2.27. The van der Waals surface area contributed by atoms with Crippen molar-refractivity contribution in [3.05, 3.63) is 75.4 Å². The lowest BCUT2D eigenvalue weighted by Gasteiger charge is -2.11. The van der Waals surface area contributed by atoms with Crippen molar-refractivity contribution < 1.29 is 32.6 Å². The van der Waals surface area contributed by atoms with Gasteiger partial charge in [0.2, 0.25) is 5.95 Å². The fraction of sp³-hybridized carbons (Fsp3) is 0.0556. The third-order valence-electron chi connectivity index (χ3n) is 3.58. The monoisotopic (exact) mass is 635 g/mol. The Balaban J connectivity index is -0.000000373. The number of anilines is 3. The zero-order valence-corrected chi connectivity index (χ0v) is 21.6. The Morgan fingerprint density at radius 2 is 1.42 bits per heavy atom. The number of nitrogens with one attached hydrogen (secondary N) is 2. The second kappa shape index (κ2) is 19.4. The lowest BCUT2D eigenvalue weighted by molar-refractivity contribution is 0.385. The average Bonchev–Trinajstić information content (AvgIpc) is 2.65. The summed E-state index contributed by atoms with van der Waals surface area (Å²) in [4.78, 5) is 8.60. The summed E-state index contributed by atoms with van der Waals surface area (Å²) in [5.41, 5.74) is 4.64. The number of benzene rings is 2. The van der Waals surface area contributed by atoms with Gasteiger partial charge in [-0.05, 0) is 42.0 Å². The van der Waals surface area contributed by atoms with Crippen molar-refractivity contribution in [2.45, 2.75) is 6.42 Å². The van der Waals surface area contributed by atoms with E-state index in [1.165, 1.54) is 0 Å². The van der Waals surface area contributed by atoms with Crippen LogP contribution in [-0.2, 0) is 6.42 Å². The highest BCUT2D eigenvalue weighted by Gasteiger charge is 2.11. The molecule has 0 atom stereocenters. The van der Waals surface area contributed by atoms with Crippen molar-refractivity contribution >= 4 is 74.6 Å². The third-order valence-corrected chi connectivity index (χ3v) is 4.29. The van der Waals surface area contributed by atoms with Crippen LogP contribution in [0.1, 0.15) is 16.8 Å².